The maximum Gasteiger partial charge on any atom is 0.0220 e. The number of nitrogens with one attached hydrogen (secondary N) is 1. The van der Waals surface area contributed by atoms with E-state index in [9.17, 15) is 0 Å². The molecule has 108 valence electrons. The molecule has 0 radical (unpaired) electrons. The van der Waals surface area contributed by atoms with Crippen molar-refractivity contribution in [3.63, 3.8) is 0 Å². The van der Waals surface area contributed by atoms with E-state index in [2.05, 4.69) is 48.1 Å². The Bertz CT molecular complexity index is 208. The Morgan fingerprint density at radius 3 is 2.67 bits per heavy atom. The van der Waals surface area contributed by atoms with E-state index in [-0.39, 0.29) is 0 Å². The number of nitrogens with zero attached hydrogens (tertiary/aromatic N) is 3. The summed E-state index contributed by atoms with van der Waals surface area (Å²) in [6.07, 6.45) is 2.58. The molecule has 4 heteroatoms. The van der Waals surface area contributed by atoms with Crippen molar-refractivity contribution in [1.29, 1.82) is 0 Å². The molecule has 0 aromatic rings. The van der Waals surface area contributed by atoms with Gasteiger partial charge in [0.2, 0.25) is 0 Å². The van der Waals surface area contributed by atoms with Crippen LogP contribution in [0.15, 0.2) is 0 Å². The fourth-order valence-corrected chi connectivity index (χ4v) is 2.62. The van der Waals surface area contributed by atoms with E-state index in [0.717, 1.165) is 25.7 Å². The van der Waals surface area contributed by atoms with Crippen molar-refractivity contribution in [1.82, 2.24) is 20.0 Å². The van der Waals surface area contributed by atoms with E-state index in [1.165, 1.54) is 39.0 Å². The molecular formula is C14H32N4. The van der Waals surface area contributed by atoms with Gasteiger partial charge in [0.25, 0.3) is 0 Å². The molecule has 1 rings (SSSR count). The molecule has 1 atom stereocenters. The minimum atomic E-state index is 0.744. The highest BCUT2D eigenvalue weighted by atomic mass is 15.2. The Labute approximate surface area is 113 Å². The molecule has 0 aromatic heterocycles. The van der Waals surface area contributed by atoms with Crippen LogP contribution >= 0.6 is 0 Å². The first kappa shape index (κ1) is 15.9. The van der Waals surface area contributed by atoms with Gasteiger partial charge in [-0.3, -0.25) is 4.90 Å². The standard InChI is InChI=1S/C14H32N4/c1-5-14-13-17(4)9-6-10-18(14)12-8-15-7-11-16(2)3/h14-15H,5-13H2,1-4H3. The lowest BCUT2D eigenvalue weighted by molar-refractivity contribution is 0.183. The van der Waals surface area contributed by atoms with Crippen molar-refractivity contribution in [2.24, 2.45) is 0 Å². The predicted molar refractivity (Wildman–Crippen MR) is 79.2 cm³/mol. The summed E-state index contributed by atoms with van der Waals surface area (Å²) in [5, 5.41) is 3.54. The van der Waals surface area contributed by atoms with Crippen molar-refractivity contribution in [3.05, 3.63) is 0 Å². The molecule has 1 aliphatic heterocycles. The lowest BCUT2D eigenvalue weighted by Gasteiger charge is -2.30. The van der Waals surface area contributed by atoms with Gasteiger partial charge in [-0.1, -0.05) is 6.92 Å². The Kier molecular flexibility index (Phi) is 7.82. The van der Waals surface area contributed by atoms with E-state index in [0.29, 0.717) is 0 Å². The maximum atomic E-state index is 3.54. The molecule has 0 aromatic carbocycles. The van der Waals surface area contributed by atoms with Crippen LogP contribution in [-0.2, 0) is 0 Å². The average molecular weight is 256 g/mol. The number of rotatable bonds is 7. The molecule has 1 saturated heterocycles. The van der Waals surface area contributed by atoms with Gasteiger partial charge < -0.3 is 15.1 Å². The van der Waals surface area contributed by atoms with Crippen LogP contribution in [0, 0.1) is 0 Å². The van der Waals surface area contributed by atoms with Crippen molar-refractivity contribution in [3.8, 4) is 0 Å². The highest BCUT2D eigenvalue weighted by Crippen LogP contribution is 2.10. The summed E-state index contributed by atoms with van der Waals surface area (Å²) in [7, 11) is 6.50. The average Bonchev–Trinajstić information content (AvgIpc) is 2.50. The van der Waals surface area contributed by atoms with Gasteiger partial charge in [0.1, 0.15) is 0 Å². The molecule has 1 heterocycles. The van der Waals surface area contributed by atoms with Crippen LogP contribution in [-0.4, -0.2) is 87.7 Å². The van der Waals surface area contributed by atoms with Crippen LogP contribution in [0.1, 0.15) is 19.8 Å². The molecule has 1 unspecified atom stereocenters. The fourth-order valence-electron chi connectivity index (χ4n) is 2.62. The van der Waals surface area contributed by atoms with Crippen LogP contribution in [0.2, 0.25) is 0 Å². The third-order valence-corrected chi connectivity index (χ3v) is 3.81. The van der Waals surface area contributed by atoms with E-state index in [1.807, 2.05) is 0 Å². The molecule has 0 saturated carbocycles. The first-order chi connectivity index (χ1) is 8.63. The zero-order valence-corrected chi connectivity index (χ0v) is 12.8. The molecule has 0 aliphatic carbocycles. The van der Waals surface area contributed by atoms with Gasteiger partial charge in [-0.2, -0.15) is 0 Å². The van der Waals surface area contributed by atoms with Gasteiger partial charge in [0.15, 0.2) is 0 Å². The van der Waals surface area contributed by atoms with Gasteiger partial charge in [-0.05, 0) is 47.1 Å². The lowest BCUT2D eigenvalue weighted by atomic mass is 10.2. The SMILES string of the molecule is CCC1CN(C)CCCN1CCNCCN(C)C. The Balaban J connectivity index is 2.21. The molecule has 1 aliphatic rings. The summed E-state index contributed by atoms with van der Waals surface area (Å²) in [5.74, 6) is 0. The van der Waals surface area contributed by atoms with Crippen LogP contribution in [0.4, 0.5) is 0 Å². The number of hydrogen-bond acceptors (Lipinski definition) is 4. The number of likely N-dealkylation sites (N-methyl/N-ethyl adjacent to an activating group) is 2. The first-order valence-electron chi connectivity index (χ1n) is 7.41. The fraction of sp³-hybridized carbons (Fsp3) is 1.00. The summed E-state index contributed by atoms with van der Waals surface area (Å²) in [6, 6.07) is 0.744. The normalized spacial score (nSPS) is 23.5. The summed E-state index contributed by atoms with van der Waals surface area (Å²) < 4.78 is 0. The minimum Gasteiger partial charge on any atom is -0.314 e. The van der Waals surface area contributed by atoms with Crippen molar-refractivity contribution >= 4 is 0 Å². The van der Waals surface area contributed by atoms with Gasteiger partial charge in [0.05, 0.1) is 0 Å². The highest BCUT2D eigenvalue weighted by molar-refractivity contribution is 4.78. The Morgan fingerprint density at radius 2 is 2.00 bits per heavy atom. The summed E-state index contributed by atoms with van der Waals surface area (Å²) in [4.78, 5) is 7.38. The van der Waals surface area contributed by atoms with Crippen molar-refractivity contribution in [2.45, 2.75) is 25.8 Å². The minimum absolute atomic E-state index is 0.744. The van der Waals surface area contributed by atoms with E-state index in [1.54, 1.807) is 0 Å². The number of hydrogen-bond donors (Lipinski definition) is 1. The van der Waals surface area contributed by atoms with Crippen LogP contribution in [0.3, 0.4) is 0 Å². The topological polar surface area (TPSA) is 21.8 Å². The maximum absolute atomic E-state index is 3.54. The van der Waals surface area contributed by atoms with Crippen LogP contribution in [0.25, 0.3) is 0 Å². The van der Waals surface area contributed by atoms with Crippen molar-refractivity contribution in [2.75, 3.05) is 67.0 Å². The van der Waals surface area contributed by atoms with Crippen molar-refractivity contribution < 1.29 is 0 Å². The largest absolute Gasteiger partial charge is 0.314 e. The molecule has 1 N–H and O–H groups in total. The van der Waals surface area contributed by atoms with Crippen LogP contribution in [0.5, 0.6) is 0 Å². The molecule has 18 heavy (non-hydrogen) atoms. The van der Waals surface area contributed by atoms with Gasteiger partial charge in [0, 0.05) is 38.8 Å². The Morgan fingerprint density at radius 1 is 1.22 bits per heavy atom. The van der Waals surface area contributed by atoms with E-state index < -0.39 is 0 Å². The summed E-state index contributed by atoms with van der Waals surface area (Å²) in [6.45, 7) is 10.6. The smallest absolute Gasteiger partial charge is 0.0220 e. The van der Waals surface area contributed by atoms with Gasteiger partial charge in [-0.15, -0.1) is 0 Å². The summed E-state index contributed by atoms with van der Waals surface area (Å²) in [5.41, 5.74) is 0. The van der Waals surface area contributed by atoms with Crippen LogP contribution < -0.4 is 5.32 Å². The van der Waals surface area contributed by atoms with Gasteiger partial charge >= 0.3 is 0 Å². The molecule has 0 bridgehead atoms. The Hall–Kier alpha value is -0.160. The second kappa shape index (κ2) is 8.86. The third-order valence-electron chi connectivity index (χ3n) is 3.81. The van der Waals surface area contributed by atoms with E-state index in [4.69, 9.17) is 0 Å². The second-order valence-electron chi connectivity index (χ2n) is 5.77. The van der Waals surface area contributed by atoms with E-state index >= 15 is 0 Å². The monoisotopic (exact) mass is 256 g/mol. The second-order valence-corrected chi connectivity index (χ2v) is 5.77. The predicted octanol–water partition coefficient (Wildman–Crippen LogP) is 0.554. The summed E-state index contributed by atoms with van der Waals surface area (Å²) >= 11 is 0. The quantitative estimate of drug-likeness (QED) is 0.672. The zero-order chi connectivity index (χ0) is 13.4. The zero-order valence-electron chi connectivity index (χ0n) is 12.8. The molecule has 0 spiro atoms. The lowest BCUT2D eigenvalue weighted by Crippen LogP contribution is -2.43. The van der Waals surface area contributed by atoms with Gasteiger partial charge in [-0.25, -0.2) is 0 Å². The highest BCUT2D eigenvalue weighted by Gasteiger charge is 2.20. The molecule has 0 amide bonds. The molecular weight excluding hydrogens is 224 g/mol. The molecule has 1 fully saturated rings. The molecule has 4 nitrogen and oxygen atoms in total. The third kappa shape index (κ3) is 6.14. The first-order valence-corrected chi connectivity index (χ1v) is 7.41.